The third kappa shape index (κ3) is 3.06. The summed E-state index contributed by atoms with van der Waals surface area (Å²) in [5.74, 6) is 0. The fourth-order valence-corrected chi connectivity index (χ4v) is 4.80. The Morgan fingerprint density at radius 3 is 2.09 bits per heavy atom. The van der Waals surface area contributed by atoms with E-state index in [0.717, 1.165) is 16.7 Å². The summed E-state index contributed by atoms with van der Waals surface area (Å²) in [7, 11) is -3.59. The van der Waals surface area contributed by atoms with Crippen molar-refractivity contribution in [2.24, 2.45) is 0 Å². The molecule has 1 atom stereocenters. The highest BCUT2D eigenvalue weighted by Gasteiger charge is 2.37. The number of carbonyl (C=O) groups is 1. The van der Waals surface area contributed by atoms with Crippen molar-refractivity contribution in [3.63, 3.8) is 0 Å². The van der Waals surface area contributed by atoms with Crippen LogP contribution < -0.4 is 5.30 Å². The Labute approximate surface area is 131 Å². The molecule has 2 rings (SSSR count). The van der Waals surface area contributed by atoms with Crippen molar-refractivity contribution in [2.45, 2.75) is 27.7 Å². The Kier molecular flexibility index (Phi) is 5.00. The van der Waals surface area contributed by atoms with E-state index in [9.17, 15) is 9.36 Å². The van der Waals surface area contributed by atoms with Crippen LogP contribution in [-0.4, -0.2) is 12.1 Å². The maximum Gasteiger partial charge on any atom is 0.300 e. The van der Waals surface area contributed by atoms with E-state index in [1.165, 1.54) is 0 Å². The molecule has 0 spiro atoms. The second kappa shape index (κ2) is 6.60. The van der Waals surface area contributed by atoms with Crippen molar-refractivity contribution in [3.8, 4) is 0 Å². The van der Waals surface area contributed by atoms with Gasteiger partial charge in [-0.1, -0.05) is 35.9 Å². The first-order valence-corrected chi connectivity index (χ1v) is 8.95. The van der Waals surface area contributed by atoms with Crippen molar-refractivity contribution >= 4 is 18.2 Å². The summed E-state index contributed by atoms with van der Waals surface area (Å²) < 4.78 is 18.8. The topological polar surface area (TPSA) is 43.4 Å². The predicted octanol–water partition coefficient (Wildman–Crippen LogP) is 4.39. The lowest BCUT2D eigenvalue weighted by molar-refractivity contribution is 0.105. The number of hydrogen-bond acceptors (Lipinski definition) is 3. The summed E-state index contributed by atoms with van der Waals surface area (Å²) in [6.07, 6.45) is 0. The van der Waals surface area contributed by atoms with Crippen LogP contribution in [-0.2, 0) is 9.09 Å². The minimum Gasteiger partial charge on any atom is -0.320 e. The molecule has 0 unspecified atom stereocenters. The van der Waals surface area contributed by atoms with Crippen molar-refractivity contribution in [1.82, 2.24) is 0 Å². The van der Waals surface area contributed by atoms with E-state index in [1.807, 2.05) is 39.0 Å². The fraction of sp³-hybridized carbons (Fsp3) is 0.278. The van der Waals surface area contributed by atoms with Gasteiger partial charge in [-0.3, -0.25) is 9.36 Å². The molecule has 0 heterocycles. The van der Waals surface area contributed by atoms with Crippen LogP contribution in [0.1, 0.15) is 34.0 Å². The van der Waals surface area contributed by atoms with Crippen molar-refractivity contribution < 1.29 is 13.9 Å². The lowest BCUT2D eigenvalue weighted by Gasteiger charge is -2.19. The molecule has 0 saturated carbocycles. The average molecular weight is 316 g/mol. The van der Waals surface area contributed by atoms with Gasteiger partial charge in [-0.2, -0.15) is 0 Å². The van der Waals surface area contributed by atoms with Crippen LogP contribution >= 0.6 is 7.37 Å². The molecule has 3 nitrogen and oxygen atoms in total. The smallest absolute Gasteiger partial charge is 0.300 e. The molecule has 0 aliphatic rings. The molecule has 0 bridgehead atoms. The second-order valence-corrected chi connectivity index (χ2v) is 7.67. The zero-order valence-corrected chi connectivity index (χ0v) is 14.3. The summed E-state index contributed by atoms with van der Waals surface area (Å²) in [5.41, 5.74) is 2.83. The van der Waals surface area contributed by atoms with E-state index in [2.05, 4.69) is 0 Å². The van der Waals surface area contributed by atoms with Gasteiger partial charge in [0.2, 0.25) is 0 Å². The maximum absolute atomic E-state index is 13.3. The van der Waals surface area contributed by atoms with Gasteiger partial charge in [-0.25, -0.2) is 0 Å². The third-order valence-electron chi connectivity index (χ3n) is 3.57. The normalized spacial score (nSPS) is 13.6. The minimum absolute atomic E-state index is 0.224. The van der Waals surface area contributed by atoms with Crippen LogP contribution in [0.25, 0.3) is 0 Å². The van der Waals surface area contributed by atoms with Gasteiger partial charge in [0.05, 0.1) is 6.61 Å². The zero-order valence-electron chi connectivity index (χ0n) is 13.4. The Hall–Kier alpha value is -1.70. The van der Waals surface area contributed by atoms with Gasteiger partial charge in [0, 0.05) is 10.9 Å². The molecular formula is C18H21O3P. The molecule has 116 valence electrons. The highest BCUT2D eigenvalue weighted by molar-refractivity contribution is 7.83. The molecule has 0 saturated heterocycles. The summed E-state index contributed by atoms with van der Waals surface area (Å²) in [5, 5.41) is 0.446. The van der Waals surface area contributed by atoms with Gasteiger partial charge >= 0.3 is 7.37 Å². The van der Waals surface area contributed by atoms with Crippen molar-refractivity contribution in [1.29, 1.82) is 0 Å². The highest BCUT2D eigenvalue weighted by atomic mass is 31.2. The number of aryl methyl sites for hydroxylation is 3. The largest absolute Gasteiger partial charge is 0.320 e. The van der Waals surface area contributed by atoms with Gasteiger partial charge < -0.3 is 4.52 Å². The number of carbonyl (C=O) groups excluding carboxylic acids is 1. The standard InChI is InChI=1S/C18H21O3P/c1-5-21-22(20,16-9-7-6-8-10-16)18(19)17-14(3)11-13(2)12-15(17)4/h6-12H,5H2,1-4H3/t22-/m0/s1. The van der Waals surface area contributed by atoms with Crippen LogP contribution in [0.2, 0.25) is 0 Å². The number of rotatable bonds is 5. The summed E-state index contributed by atoms with van der Waals surface area (Å²) in [6, 6.07) is 12.6. The Morgan fingerprint density at radius 2 is 1.59 bits per heavy atom. The van der Waals surface area contributed by atoms with E-state index in [0.29, 0.717) is 10.9 Å². The molecule has 2 aromatic rings. The third-order valence-corrected chi connectivity index (χ3v) is 5.92. The molecule has 22 heavy (non-hydrogen) atoms. The van der Waals surface area contributed by atoms with E-state index in [-0.39, 0.29) is 6.61 Å². The Bertz CT molecular complexity index is 712. The van der Waals surface area contributed by atoms with Crippen LogP contribution in [0.3, 0.4) is 0 Å². The molecule has 2 aromatic carbocycles. The molecular weight excluding hydrogens is 295 g/mol. The molecule has 0 fully saturated rings. The van der Waals surface area contributed by atoms with Gasteiger partial charge in [0.25, 0.3) is 5.52 Å². The summed E-state index contributed by atoms with van der Waals surface area (Å²) in [6.45, 7) is 7.69. The summed E-state index contributed by atoms with van der Waals surface area (Å²) >= 11 is 0. The first-order valence-electron chi connectivity index (χ1n) is 7.33. The predicted molar refractivity (Wildman–Crippen MR) is 90.3 cm³/mol. The molecule has 0 aromatic heterocycles. The van der Waals surface area contributed by atoms with E-state index in [1.54, 1.807) is 31.2 Å². The maximum atomic E-state index is 13.3. The van der Waals surface area contributed by atoms with Crippen molar-refractivity contribution in [2.75, 3.05) is 6.61 Å². The zero-order chi connectivity index (χ0) is 16.3. The van der Waals surface area contributed by atoms with Gasteiger partial charge in [-0.15, -0.1) is 0 Å². The van der Waals surface area contributed by atoms with Gasteiger partial charge in [-0.05, 0) is 51.0 Å². The molecule has 0 N–H and O–H groups in total. The van der Waals surface area contributed by atoms with E-state index >= 15 is 0 Å². The number of hydrogen-bond donors (Lipinski definition) is 0. The van der Waals surface area contributed by atoms with Gasteiger partial charge in [0.1, 0.15) is 0 Å². The fourth-order valence-electron chi connectivity index (χ4n) is 2.72. The lowest BCUT2D eigenvalue weighted by atomic mass is 10.0. The average Bonchev–Trinajstić information content (AvgIpc) is 2.47. The SMILES string of the molecule is CCO[P@](=O)(C(=O)c1c(C)cc(C)cc1C)c1ccccc1. The van der Waals surface area contributed by atoms with Crippen LogP contribution in [0, 0.1) is 20.8 Å². The second-order valence-electron chi connectivity index (χ2n) is 5.38. The molecule has 0 aliphatic carbocycles. The lowest BCUT2D eigenvalue weighted by Crippen LogP contribution is -2.17. The first-order chi connectivity index (χ1) is 10.4. The molecule has 4 heteroatoms. The quantitative estimate of drug-likeness (QED) is 0.768. The summed E-state index contributed by atoms with van der Waals surface area (Å²) in [4.78, 5) is 13.0. The molecule has 0 radical (unpaired) electrons. The van der Waals surface area contributed by atoms with Crippen LogP contribution in [0.4, 0.5) is 0 Å². The Balaban J connectivity index is 2.60. The van der Waals surface area contributed by atoms with Crippen LogP contribution in [0.5, 0.6) is 0 Å². The highest BCUT2D eigenvalue weighted by Crippen LogP contribution is 2.49. The van der Waals surface area contributed by atoms with E-state index < -0.39 is 12.9 Å². The first kappa shape index (κ1) is 16.7. The monoisotopic (exact) mass is 316 g/mol. The minimum atomic E-state index is -3.59. The van der Waals surface area contributed by atoms with Crippen molar-refractivity contribution in [3.05, 3.63) is 64.7 Å². The Morgan fingerprint density at radius 1 is 1.05 bits per heavy atom. The van der Waals surface area contributed by atoms with E-state index in [4.69, 9.17) is 4.52 Å². The van der Waals surface area contributed by atoms with Gasteiger partial charge in [0.15, 0.2) is 0 Å². The van der Waals surface area contributed by atoms with Crippen LogP contribution in [0.15, 0.2) is 42.5 Å². The molecule has 0 aliphatic heterocycles. The number of benzene rings is 2. The molecule has 0 amide bonds.